The molecule has 0 amide bonds. The number of rotatable bonds is 3. The van der Waals surface area contributed by atoms with Crippen molar-refractivity contribution in [1.29, 1.82) is 0 Å². The van der Waals surface area contributed by atoms with Crippen LogP contribution in [0.25, 0.3) is 0 Å². The molecular weight excluding hydrogens is 268 g/mol. The Morgan fingerprint density at radius 1 is 1.14 bits per heavy atom. The molecule has 2 aliphatic rings. The summed E-state index contributed by atoms with van der Waals surface area (Å²) in [6.07, 6.45) is 3.75. The lowest BCUT2D eigenvalue weighted by Gasteiger charge is -2.42. The largest absolute Gasteiger partial charge is 0.476 e. The van der Waals surface area contributed by atoms with Crippen LogP contribution in [-0.4, -0.2) is 50.1 Å². The molecule has 6 nitrogen and oxygen atoms in total. The summed E-state index contributed by atoms with van der Waals surface area (Å²) in [5.41, 5.74) is 2.93. The third-order valence-electron chi connectivity index (χ3n) is 4.54. The average molecular weight is 284 g/mol. The van der Waals surface area contributed by atoms with Gasteiger partial charge in [-0.25, -0.2) is 9.48 Å². The molecule has 21 heavy (non-hydrogen) atoms. The Hall–Kier alpha value is -2.21. The van der Waals surface area contributed by atoms with Crippen LogP contribution in [0.5, 0.6) is 0 Å². The van der Waals surface area contributed by atoms with Crippen LogP contribution >= 0.6 is 0 Å². The molecule has 4 rings (SSSR count). The van der Waals surface area contributed by atoms with Crippen molar-refractivity contribution in [2.24, 2.45) is 0 Å². The van der Waals surface area contributed by atoms with Crippen molar-refractivity contribution < 1.29 is 9.90 Å². The van der Waals surface area contributed by atoms with E-state index in [1.807, 2.05) is 0 Å². The van der Waals surface area contributed by atoms with E-state index in [0.29, 0.717) is 6.04 Å². The van der Waals surface area contributed by atoms with Gasteiger partial charge in [0, 0.05) is 19.1 Å². The molecule has 1 aliphatic carbocycles. The number of benzene rings is 1. The third-order valence-corrected chi connectivity index (χ3v) is 4.54. The lowest BCUT2D eigenvalue weighted by molar-refractivity contribution is 0.0556. The number of aromatic carboxylic acids is 1. The summed E-state index contributed by atoms with van der Waals surface area (Å²) in [5, 5.41) is 16.5. The quantitative estimate of drug-likeness (QED) is 0.910. The van der Waals surface area contributed by atoms with E-state index in [-0.39, 0.29) is 11.7 Å². The maximum absolute atomic E-state index is 10.8. The minimum atomic E-state index is -1.02. The van der Waals surface area contributed by atoms with E-state index in [1.165, 1.54) is 17.3 Å². The van der Waals surface area contributed by atoms with Crippen LogP contribution in [0.2, 0.25) is 0 Å². The van der Waals surface area contributed by atoms with E-state index in [4.69, 9.17) is 5.11 Å². The van der Waals surface area contributed by atoms with Crippen molar-refractivity contribution in [3.05, 3.63) is 47.3 Å². The van der Waals surface area contributed by atoms with Crippen LogP contribution < -0.4 is 0 Å². The second-order valence-electron chi connectivity index (χ2n) is 5.83. The van der Waals surface area contributed by atoms with Gasteiger partial charge >= 0.3 is 5.97 Å². The monoisotopic (exact) mass is 284 g/mol. The highest BCUT2D eigenvalue weighted by Crippen LogP contribution is 2.31. The zero-order valence-electron chi connectivity index (χ0n) is 11.5. The summed E-state index contributed by atoms with van der Waals surface area (Å²) in [6, 6.07) is 9.44. The predicted octanol–water partition coefficient (Wildman–Crippen LogP) is 1.00. The Labute approximate surface area is 122 Å². The lowest BCUT2D eigenvalue weighted by Crippen LogP contribution is -2.53. The van der Waals surface area contributed by atoms with Crippen molar-refractivity contribution in [1.82, 2.24) is 19.9 Å². The second kappa shape index (κ2) is 4.66. The first-order valence-corrected chi connectivity index (χ1v) is 7.16. The Morgan fingerprint density at radius 3 is 2.38 bits per heavy atom. The van der Waals surface area contributed by atoms with Crippen LogP contribution in [0.3, 0.4) is 0 Å². The van der Waals surface area contributed by atoms with Crippen molar-refractivity contribution in [2.45, 2.75) is 24.9 Å². The molecule has 108 valence electrons. The normalized spacial score (nSPS) is 19.4. The number of hydrogen-bond donors (Lipinski definition) is 1. The number of carboxylic acids is 1. The summed E-state index contributed by atoms with van der Waals surface area (Å²) in [6.45, 7) is 1.84. The smallest absolute Gasteiger partial charge is 0.358 e. The van der Waals surface area contributed by atoms with Gasteiger partial charge in [-0.05, 0) is 24.0 Å². The maximum Gasteiger partial charge on any atom is 0.358 e. The molecular formula is C15H16N4O2. The standard InChI is InChI=1S/C15H16N4O2/c20-15(21)14-9-19(17-16-14)13-7-18(8-13)12-5-10-3-1-2-4-11(10)6-12/h1-4,9,12-13H,5-8H2,(H,20,21). The molecule has 0 radical (unpaired) electrons. The molecule has 0 saturated carbocycles. The molecule has 0 atom stereocenters. The Bertz CT molecular complexity index is 665. The van der Waals surface area contributed by atoms with Crippen molar-refractivity contribution in [2.75, 3.05) is 13.1 Å². The lowest BCUT2D eigenvalue weighted by atomic mass is 10.0. The van der Waals surface area contributed by atoms with Crippen LogP contribution in [0, 0.1) is 0 Å². The topological polar surface area (TPSA) is 71.2 Å². The first-order valence-electron chi connectivity index (χ1n) is 7.16. The van der Waals surface area contributed by atoms with Gasteiger partial charge in [0.2, 0.25) is 0 Å². The number of fused-ring (bicyclic) bond motifs is 1. The van der Waals surface area contributed by atoms with E-state index in [2.05, 4.69) is 39.5 Å². The van der Waals surface area contributed by atoms with Gasteiger partial charge in [-0.2, -0.15) is 0 Å². The first kappa shape index (κ1) is 12.5. The van der Waals surface area contributed by atoms with E-state index in [1.54, 1.807) is 4.68 Å². The Balaban J connectivity index is 1.39. The molecule has 0 spiro atoms. The average Bonchev–Trinajstić information content (AvgIpc) is 3.03. The van der Waals surface area contributed by atoms with Crippen LogP contribution in [0.1, 0.15) is 27.7 Å². The number of nitrogens with zero attached hydrogens (tertiary/aromatic N) is 4. The minimum absolute atomic E-state index is 0.0155. The van der Waals surface area contributed by atoms with Gasteiger partial charge in [-0.15, -0.1) is 5.10 Å². The summed E-state index contributed by atoms with van der Waals surface area (Å²) < 4.78 is 1.68. The van der Waals surface area contributed by atoms with Gasteiger partial charge in [0.15, 0.2) is 5.69 Å². The predicted molar refractivity (Wildman–Crippen MR) is 75.2 cm³/mol. The minimum Gasteiger partial charge on any atom is -0.476 e. The van der Waals surface area contributed by atoms with E-state index < -0.39 is 5.97 Å². The van der Waals surface area contributed by atoms with Gasteiger partial charge < -0.3 is 5.11 Å². The van der Waals surface area contributed by atoms with Crippen molar-refractivity contribution in [3.63, 3.8) is 0 Å². The number of carbonyl (C=O) groups is 1. The summed E-state index contributed by atoms with van der Waals surface area (Å²) >= 11 is 0. The molecule has 2 aromatic rings. The zero-order chi connectivity index (χ0) is 14.4. The van der Waals surface area contributed by atoms with E-state index in [0.717, 1.165) is 25.9 Å². The number of likely N-dealkylation sites (tertiary alicyclic amines) is 1. The zero-order valence-corrected chi connectivity index (χ0v) is 11.5. The van der Waals surface area contributed by atoms with E-state index in [9.17, 15) is 4.79 Å². The van der Waals surface area contributed by atoms with Gasteiger partial charge in [-0.1, -0.05) is 29.5 Å². The SMILES string of the molecule is O=C(O)c1cn(C2CN(C3Cc4ccccc4C3)C2)nn1. The van der Waals surface area contributed by atoms with Crippen LogP contribution in [0.15, 0.2) is 30.5 Å². The molecule has 2 heterocycles. The van der Waals surface area contributed by atoms with Gasteiger partial charge in [0.25, 0.3) is 0 Å². The summed E-state index contributed by atoms with van der Waals surface area (Å²) in [4.78, 5) is 13.3. The molecule has 1 aliphatic heterocycles. The Kier molecular flexibility index (Phi) is 2.78. The first-order chi connectivity index (χ1) is 10.2. The van der Waals surface area contributed by atoms with Gasteiger partial charge in [0.05, 0.1) is 12.2 Å². The Morgan fingerprint density at radius 2 is 1.81 bits per heavy atom. The maximum atomic E-state index is 10.8. The third kappa shape index (κ3) is 2.12. The molecule has 1 aromatic carbocycles. The highest BCUT2D eigenvalue weighted by Gasteiger charge is 2.36. The molecule has 1 fully saturated rings. The second-order valence-corrected chi connectivity index (χ2v) is 5.83. The fraction of sp³-hybridized carbons (Fsp3) is 0.400. The molecule has 0 bridgehead atoms. The number of hydrogen-bond acceptors (Lipinski definition) is 4. The van der Waals surface area contributed by atoms with E-state index >= 15 is 0 Å². The molecule has 0 unspecified atom stereocenters. The number of aromatic nitrogens is 3. The van der Waals surface area contributed by atoms with Crippen LogP contribution in [-0.2, 0) is 12.8 Å². The highest BCUT2D eigenvalue weighted by molar-refractivity contribution is 5.84. The molecule has 1 N–H and O–H groups in total. The van der Waals surface area contributed by atoms with Crippen molar-refractivity contribution in [3.8, 4) is 0 Å². The van der Waals surface area contributed by atoms with Gasteiger partial charge in [-0.3, -0.25) is 4.90 Å². The van der Waals surface area contributed by atoms with Gasteiger partial charge in [0.1, 0.15) is 0 Å². The van der Waals surface area contributed by atoms with Crippen molar-refractivity contribution >= 4 is 5.97 Å². The summed E-state index contributed by atoms with van der Waals surface area (Å²) in [5.74, 6) is -1.02. The molecule has 1 aromatic heterocycles. The molecule has 1 saturated heterocycles. The molecule has 6 heteroatoms. The fourth-order valence-electron chi connectivity index (χ4n) is 3.30. The summed E-state index contributed by atoms with van der Waals surface area (Å²) in [7, 11) is 0. The highest BCUT2D eigenvalue weighted by atomic mass is 16.4. The number of carboxylic acid groups (broad SMARTS) is 1. The fourth-order valence-corrected chi connectivity index (χ4v) is 3.30. The van der Waals surface area contributed by atoms with Crippen LogP contribution in [0.4, 0.5) is 0 Å².